The summed E-state index contributed by atoms with van der Waals surface area (Å²) in [5, 5.41) is 5.41. The Kier molecular flexibility index (Phi) is 3.05. The van der Waals surface area contributed by atoms with Gasteiger partial charge in [0.05, 0.1) is 6.54 Å². The third-order valence-electron chi connectivity index (χ3n) is 3.38. The van der Waals surface area contributed by atoms with Crippen LogP contribution in [0, 0.1) is 0 Å². The molecule has 19 heavy (non-hydrogen) atoms. The van der Waals surface area contributed by atoms with Gasteiger partial charge in [0.2, 0.25) is 0 Å². The maximum absolute atomic E-state index is 5.67. The molecular formula is C14H17N5. The first-order valence-corrected chi connectivity index (χ1v) is 6.46. The van der Waals surface area contributed by atoms with Crippen molar-refractivity contribution in [1.82, 2.24) is 19.3 Å². The number of rotatable bonds is 4. The summed E-state index contributed by atoms with van der Waals surface area (Å²) in [5.74, 6) is 0.975. The third kappa shape index (κ3) is 2.13. The molecule has 5 heteroatoms. The molecule has 1 aromatic carbocycles. The highest BCUT2D eigenvalue weighted by Crippen LogP contribution is 2.18. The molecule has 3 aromatic rings. The molecule has 0 amide bonds. The maximum atomic E-state index is 5.67. The van der Waals surface area contributed by atoms with Crippen LogP contribution in [-0.4, -0.2) is 19.3 Å². The van der Waals surface area contributed by atoms with Crippen LogP contribution in [-0.2, 0) is 19.6 Å². The van der Waals surface area contributed by atoms with Gasteiger partial charge >= 0.3 is 0 Å². The predicted molar refractivity (Wildman–Crippen MR) is 74.6 cm³/mol. The van der Waals surface area contributed by atoms with Gasteiger partial charge < -0.3 is 10.3 Å². The number of nitrogens with two attached hydrogens (primary N) is 1. The fourth-order valence-electron chi connectivity index (χ4n) is 2.34. The Bertz CT molecular complexity index is 695. The Morgan fingerprint density at radius 1 is 1.26 bits per heavy atom. The molecule has 0 aliphatic carbocycles. The van der Waals surface area contributed by atoms with E-state index in [4.69, 9.17) is 5.73 Å². The van der Waals surface area contributed by atoms with E-state index in [1.54, 1.807) is 6.33 Å². The summed E-state index contributed by atoms with van der Waals surface area (Å²) in [5.41, 5.74) is 8.02. The minimum absolute atomic E-state index is 0.575. The van der Waals surface area contributed by atoms with Crippen LogP contribution in [0.2, 0.25) is 0 Å². The molecule has 3 rings (SSSR count). The summed E-state index contributed by atoms with van der Waals surface area (Å²) in [6.45, 7) is 4.22. The summed E-state index contributed by atoms with van der Waals surface area (Å²) >= 11 is 0. The van der Waals surface area contributed by atoms with E-state index in [1.165, 1.54) is 10.9 Å². The topological polar surface area (TPSA) is 61.7 Å². The van der Waals surface area contributed by atoms with Crippen molar-refractivity contribution in [2.75, 3.05) is 0 Å². The second kappa shape index (κ2) is 4.85. The van der Waals surface area contributed by atoms with E-state index in [0.29, 0.717) is 6.54 Å². The molecule has 0 saturated heterocycles. The Balaban J connectivity index is 1.97. The molecule has 0 aliphatic rings. The average molecular weight is 255 g/mol. The predicted octanol–water partition coefficient (Wildman–Crippen LogP) is 1.76. The van der Waals surface area contributed by atoms with Crippen LogP contribution in [0.15, 0.2) is 36.8 Å². The van der Waals surface area contributed by atoms with E-state index in [9.17, 15) is 0 Å². The quantitative estimate of drug-likeness (QED) is 0.772. The summed E-state index contributed by atoms with van der Waals surface area (Å²) in [4.78, 5) is 4.31. The fraction of sp³-hybridized carbons (Fsp3) is 0.286. The summed E-state index contributed by atoms with van der Waals surface area (Å²) in [7, 11) is 0. The van der Waals surface area contributed by atoms with Gasteiger partial charge in [-0.25, -0.2) is 9.67 Å². The van der Waals surface area contributed by atoms with Gasteiger partial charge in [-0.1, -0.05) is 6.07 Å². The number of hydrogen-bond donors (Lipinski definition) is 1. The Morgan fingerprint density at radius 2 is 2.16 bits per heavy atom. The second-order valence-corrected chi connectivity index (χ2v) is 4.53. The maximum Gasteiger partial charge on any atom is 0.146 e. The van der Waals surface area contributed by atoms with E-state index in [1.807, 2.05) is 4.68 Å². The van der Waals surface area contributed by atoms with Crippen LogP contribution in [0.3, 0.4) is 0 Å². The van der Waals surface area contributed by atoms with Crippen LogP contribution in [0.4, 0.5) is 0 Å². The zero-order chi connectivity index (χ0) is 13.2. The summed E-state index contributed by atoms with van der Waals surface area (Å²) in [6.07, 6.45) is 3.69. The van der Waals surface area contributed by atoms with E-state index < -0.39 is 0 Å². The van der Waals surface area contributed by atoms with E-state index in [2.05, 4.69) is 52.0 Å². The molecular weight excluding hydrogens is 238 g/mol. The number of nitrogens with zero attached hydrogens (tertiary/aromatic N) is 4. The Hall–Kier alpha value is -2.14. The molecule has 5 nitrogen and oxygen atoms in total. The molecule has 0 unspecified atom stereocenters. The van der Waals surface area contributed by atoms with E-state index in [0.717, 1.165) is 24.5 Å². The highest BCUT2D eigenvalue weighted by atomic mass is 15.3. The van der Waals surface area contributed by atoms with Crippen molar-refractivity contribution < 1.29 is 0 Å². The lowest BCUT2D eigenvalue weighted by Crippen LogP contribution is -2.08. The van der Waals surface area contributed by atoms with Gasteiger partial charge in [0.1, 0.15) is 12.2 Å². The van der Waals surface area contributed by atoms with Crippen molar-refractivity contribution in [3.8, 4) is 0 Å². The molecule has 0 radical (unpaired) electrons. The summed E-state index contributed by atoms with van der Waals surface area (Å²) in [6, 6.07) is 8.44. The van der Waals surface area contributed by atoms with E-state index >= 15 is 0 Å². The van der Waals surface area contributed by atoms with Gasteiger partial charge in [-0.2, -0.15) is 5.10 Å². The zero-order valence-corrected chi connectivity index (χ0v) is 11.0. The number of hydrogen-bond acceptors (Lipinski definition) is 3. The van der Waals surface area contributed by atoms with Gasteiger partial charge in [0.15, 0.2) is 0 Å². The SMILES string of the molecule is CCn1ncnc1Cn1ccc2cc(CN)ccc21. The molecule has 0 fully saturated rings. The number of aryl methyl sites for hydroxylation is 1. The van der Waals surface area contributed by atoms with Crippen molar-refractivity contribution in [3.63, 3.8) is 0 Å². The van der Waals surface area contributed by atoms with Gasteiger partial charge in [-0.05, 0) is 36.1 Å². The number of aromatic nitrogens is 4. The second-order valence-electron chi connectivity index (χ2n) is 4.53. The lowest BCUT2D eigenvalue weighted by atomic mass is 10.1. The Labute approximate surface area is 111 Å². The fourth-order valence-corrected chi connectivity index (χ4v) is 2.34. The van der Waals surface area contributed by atoms with Crippen LogP contribution >= 0.6 is 0 Å². The normalized spacial score (nSPS) is 11.3. The van der Waals surface area contributed by atoms with Crippen molar-refractivity contribution in [2.24, 2.45) is 5.73 Å². The van der Waals surface area contributed by atoms with Gasteiger partial charge in [0, 0.05) is 24.8 Å². The van der Waals surface area contributed by atoms with Crippen LogP contribution in [0.25, 0.3) is 10.9 Å². The number of benzene rings is 1. The lowest BCUT2D eigenvalue weighted by Gasteiger charge is -2.06. The van der Waals surface area contributed by atoms with Gasteiger partial charge in [-0.3, -0.25) is 0 Å². The van der Waals surface area contributed by atoms with E-state index in [-0.39, 0.29) is 0 Å². The standard InChI is InChI=1S/C14H17N5/c1-2-19-14(16-10-17-19)9-18-6-5-12-7-11(8-15)3-4-13(12)18/h3-7,10H,2,8-9,15H2,1H3. The van der Waals surface area contributed by atoms with Crippen molar-refractivity contribution in [1.29, 1.82) is 0 Å². The Morgan fingerprint density at radius 3 is 2.95 bits per heavy atom. The number of fused-ring (bicyclic) bond motifs is 1. The molecule has 2 aromatic heterocycles. The molecule has 0 atom stereocenters. The van der Waals surface area contributed by atoms with Crippen molar-refractivity contribution in [3.05, 3.63) is 48.2 Å². The average Bonchev–Trinajstić information content (AvgIpc) is 3.05. The third-order valence-corrected chi connectivity index (χ3v) is 3.38. The monoisotopic (exact) mass is 255 g/mol. The molecule has 0 aliphatic heterocycles. The minimum atomic E-state index is 0.575. The first-order chi connectivity index (χ1) is 9.31. The molecule has 0 spiro atoms. The van der Waals surface area contributed by atoms with Crippen LogP contribution < -0.4 is 5.73 Å². The molecule has 0 saturated carbocycles. The largest absolute Gasteiger partial charge is 0.340 e. The van der Waals surface area contributed by atoms with Crippen LogP contribution in [0.1, 0.15) is 18.3 Å². The highest BCUT2D eigenvalue weighted by Gasteiger charge is 2.06. The molecule has 98 valence electrons. The first kappa shape index (κ1) is 11.9. The highest BCUT2D eigenvalue weighted by molar-refractivity contribution is 5.80. The molecule has 2 N–H and O–H groups in total. The van der Waals surface area contributed by atoms with Gasteiger partial charge in [0.25, 0.3) is 0 Å². The molecule has 2 heterocycles. The lowest BCUT2D eigenvalue weighted by molar-refractivity contribution is 0.597. The summed E-state index contributed by atoms with van der Waals surface area (Å²) < 4.78 is 4.10. The van der Waals surface area contributed by atoms with Crippen molar-refractivity contribution in [2.45, 2.75) is 26.6 Å². The van der Waals surface area contributed by atoms with Crippen LogP contribution in [0.5, 0.6) is 0 Å². The first-order valence-electron chi connectivity index (χ1n) is 6.46. The smallest absolute Gasteiger partial charge is 0.146 e. The van der Waals surface area contributed by atoms with Gasteiger partial charge in [-0.15, -0.1) is 0 Å². The van der Waals surface area contributed by atoms with Crippen molar-refractivity contribution >= 4 is 10.9 Å². The molecule has 0 bridgehead atoms. The minimum Gasteiger partial charge on any atom is -0.340 e. The zero-order valence-electron chi connectivity index (χ0n) is 11.0.